The maximum absolute atomic E-state index is 8.32. The van der Waals surface area contributed by atoms with Crippen LogP contribution in [0.1, 0.15) is 19.8 Å². The summed E-state index contributed by atoms with van der Waals surface area (Å²) in [4.78, 5) is 0. The van der Waals surface area contributed by atoms with Crippen molar-refractivity contribution in [2.75, 3.05) is 19.7 Å². The molecule has 0 rings (SSSR count). The molecule has 0 aromatic carbocycles. The first-order valence-electron chi connectivity index (χ1n) is 3.48. The van der Waals surface area contributed by atoms with E-state index >= 15 is 0 Å². The van der Waals surface area contributed by atoms with Gasteiger partial charge in [-0.15, -0.1) is 0 Å². The highest BCUT2D eigenvalue weighted by atomic mass is 16.3. The van der Waals surface area contributed by atoms with E-state index in [0.29, 0.717) is 6.54 Å². The maximum atomic E-state index is 8.32. The molecule has 0 saturated carbocycles. The summed E-state index contributed by atoms with van der Waals surface area (Å²) in [6, 6.07) is 0. The summed E-state index contributed by atoms with van der Waals surface area (Å²) in [5.74, 6) is 0. The first-order chi connectivity index (χ1) is 4.41. The fourth-order valence-electron chi connectivity index (χ4n) is 0.498. The molecule has 56 valence electrons. The van der Waals surface area contributed by atoms with E-state index in [2.05, 4.69) is 17.8 Å². The summed E-state index contributed by atoms with van der Waals surface area (Å²) in [6.45, 7) is 3.95. The Labute approximate surface area is 56.4 Å². The third-order valence-corrected chi connectivity index (χ3v) is 1.02. The van der Waals surface area contributed by atoms with Crippen LogP contribution in [0.15, 0.2) is 0 Å². The summed E-state index contributed by atoms with van der Waals surface area (Å²) in [7, 11) is 0. The van der Waals surface area contributed by atoms with Crippen LogP contribution in [-0.4, -0.2) is 24.8 Å². The van der Waals surface area contributed by atoms with Crippen molar-refractivity contribution >= 4 is 0 Å². The Hall–Kier alpha value is -0.120. The average Bonchev–Trinajstić information content (AvgIpc) is 1.89. The largest absolute Gasteiger partial charge is 0.395 e. The van der Waals surface area contributed by atoms with Gasteiger partial charge in [0.1, 0.15) is 0 Å². The van der Waals surface area contributed by atoms with E-state index in [-0.39, 0.29) is 6.61 Å². The van der Waals surface area contributed by atoms with Gasteiger partial charge in [0.05, 0.1) is 6.61 Å². The van der Waals surface area contributed by atoms with Gasteiger partial charge in [0.15, 0.2) is 0 Å². The standard InChI is InChI=1S/C6H16N2O/c1-2-3-4-7-8-5-6-9/h7-9H,2-6H2,1H3. The zero-order chi connectivity index (χ0) is 6.95. The molecule has 3 nitrogen and oxygen atoms in total. The van der Waals surface area contributed by atoms with Crippen LogP contribution in [0.3, 0.4) is 0 Å². The molecular formula is C6H16N2O. The highest BCUT2D eigenvalue weighted by Crippen LogP contribution is 1.79. The number of hydrazine groups is 1. The summed E-state index contributed by atoms with van der Waals surface area (Å²) in [6.07, 6.45) is 2.38. The lowest BCUT2D eigenvalue weighted by Crippen LogP contribution is -2.34. The summed E-state index contributed by atoms with van der Waals surface area (Å²) < 4.78 is 0. The predicted octanol–water partition coefficient (Wildman–Crippen LogP) is -0.127. The molecule has 9 heavy (non-hydrogen) atoms. The quantitative estimate of drug-likeness (QED) is 0.348. The number of hydrogen-bond donors (Lipinski definition) is 3. The predicted molar refractivity (Wildman–Crippen MR) is 38.0 cm³/mol. The smallest absolute Gasteiger partial charge is 0.0569 e. The first-order valence-corrected chi connectivity index (χ1v) is 3.48. The maximum Gasteiger partial charge on any atom is 0.0569 e. The number of rotatable bonds is 6. The minimum Gasteiger partial charge on any atom is -0.395 e. The van der Waals surface area contributed by atoms with Crippen LogP contribution in [0.25, 0.3) is 0 Å². The molecule has 0 bridgehead atoms. The molecule has 0 aromatic heterocycles. The number of hydrogen-bond acceptors (Lipinski definition) is 3. The van der Waals surface area contributed by atoms with Crippen molar-refractivity contribution in [2.45, 2.75) is 19.8 Å². The number of nitrogens with one attached hydrogen (secondary N) is 2. The molecule has 0 fully saturated rings. The van der Waals surface area contributed by atoms with Crippen LogP contribution in [-0.2, 0) is 0 Å². The van der Waals surface area contributed by atoms with Crippen molar-refractivity contribution in [1.82, 2.24) is 10.9 Å². The Morgan fingerprint density at radius 3 is 2.44 bits per heavy atom. The third kappa shape index (κ3) is 7.88. The fraction of sp³-hybridized carbons (Fsp3) is 1.00. The number of aliphatic hydroxyl groups is 1. The van der Waals surface area contributed by atoms with Gasteiger partial charge >= 0.3 is 0 Å². The molecule has 0 aliphatic rings. The van der Waals surface area contributed by atoms with Crippen LogP contribution in [0.2, 0.25) is 0 Å². The van der Waals surface area contributed by atoms with Crippen LogP contribution in [0.4, 0.5) is 0 Å². The molecule has 0 heterocycles. The van der Waals surface area contributed by atoms with Gasteiger partial charge in [0.25, 0.3) is 0 Å². The van der Waals surface area contributed by atoms with Crippen LogP contribution in [0, 0.1) is 0 Å². The average molecular weight is 132 g/mol. The zero-order valence-electron chi connectivity index (χ0n) is 5.98. The zero-order valence-corrected chi connectivity index (χ0v) is 5.98. The Balaban J connectivity index is 2.60. The van der Waals surface area contributed by atoms with Gasteiger partial charge in [-0.3, -0.25) is 10.9 Å². The normalized spacial score (nSPS) is 10.0. The van der Waals surface area contributed by atoms with Crippen molar-refractivity contribution in [3.63, 3.8) is 0 Å². The molecule has 0 unspecified atom stereocenters. The lowest BCUT2D eigenvalue weighted by atomic mass is 10.3. The molecule has 0 spiro atoms. The van der Waals surface area contributed by atoms with Gasteiger partial charge in [-0.2, -0.15) is 0 Å². The summed E-state index contributed by atoms with van der Waals surface area (Å²) in [5.41, 5.74) is 5.85. The Kier molecular flexibility index (Phi) is 7.77. The monoisotopic (exact) mass is 132 g/mol. The molecule has 0 atom stereocenters. The second-order valence-electron chi connectivity index (χ2n) is 1.93. The molecule has 0 amide bonds. The van der Waals surface area contributed by atoms with Crippen molar-refractivity contribution in [3.05, 3.63) is 0 Å². The molecular weight excluding hydrogens is 116 g/mol. The first kappa shape index (κ1) is 8.88. The minimum atomic E-state index is 0.194. The van der Waals surface area contributed by atoms with Crippen LogP contribution < -0.4 is 10.9 Å². The van der Waals surface area contributed by atoms with E-state index in [9.17, 15) is 0 Å². The van der Waals surface area contributed by atoms with Crippen LogP contribution in [0.5, 0.6) is 0 Å². The fourth-order valence-corrected chi connectivity index (χ4v) is 0.498. The second-order valence-corrected chi connectivity index (χ2v) is 1.93. The van der Waals surface area contributed by atoms with Gasteiger partial charge in [-0.1, -0.05) is 13.3 Å². The molecule has 3 N–H and O–H groups in total. The van der Waals surface area contributed by atoms with Gasteiger partial charge in [-0.25, -0.2) is 0 Å². The molecule has 3 heteroatoms. The summed E-state index contributed by atoms with van der Waals surface area (Å²) >= 11 is 0. The molecule has 0 aromatic rings. The molecule has 0 radical (unpaired) electrons. The highest BCUT2D eigenvalue weighted by molar-refractivity contribution is 4.39. The SMILES string of the molecule is CCCCNNCCO. The van der Waals surface area contributed by atoms with E-state index < -0.39 is 0 Å². The van der Waals surface area contributed by atoms with E-state index in [1.54, 1.807) is 0 Å². The van der Waals surface area contributed by atoms with Gasteiger partial charge in [0, 0.05) is 13.1 Å². The van der Waals surface area contributed by atoms with Crippen molar-refractivity contribution in [3.8, 4) is 0 Å². The van der Waals surface area contributed by atoms with E-state index in [0.717, 1.165) is 6.54 Å². The molecule has 0 saturated heterocycles. The highest BCUT2D eigenvalue weighted by Gasteiger charge is 1.81. The Bertz CT molecular complexity index is 44.3. The number of aliphatic hydroxyl groups excluding tert-OH is 1. The second kappa shape index (κ2) is 7.88. The lowest BCUT2D eigenvalue weighted by Gasteiger charge is -2.02. The summed E-state index contributed by atoms with van der Waals surface area (Å²) in [5, 5.41) is 8.32. The van der Waals surface area contributed by atoms with E-state index in [4.69, 9.17) is 5.11 Å². The Morgan fingerprint density at radius 1 is 1.22 bits per heavy atom. The number of unbranched alkanes of at least 4 members (excludes halogenated alkanes) is 1. The van der Waals surface area contributed by atoms with Gasteiger partial charge < -0.3 is 5.11 Å². The molecule has 0 aliphatic heterocycles. The minimum absolute atomic E-state index is 0.194. The topological polar surface area (TPSA) is 44.3 Å². The van der Waals surface area contributed by atoms with Gasteiger partial charge in [0.2, 0.25) is 0 Å². The van der Waals surface area contributed by atoms with E-state index in [1.165, 1.54) is 12.8 Å². The van der Waals surface area contributed by atoms with E-state index in [1.807, 2.05) is 0 Å². The van der Waals surface area contributed by atoms with Gasteiger partial charge in [-0.05, 0) is 6.42 Å². The van der Waals surface area contributed by atoms with Crippen molar-refractivity contribution in [1.29, 1.82) is 0 Å². The van der Waals surface area contributed by atoms with Crippen molar-refractivity contribution in [2.24, 2.45) is 0 Å². The van der Waals surface area contributed by atoms with Crippen LogP contribution >= 0.6 is 0 Å². The van der Waals surface area contributed by atoms with Crippen molar-refractivity contribution < 1.29 is 5.11 Å². The lowest BCUT2D eigenvalue weighted by molar-refractivity contribution is 0.283. The Morgan fingerprint density at radius 2 is 1.89 bits per heavy atom. The third-order valence-electron chi connectivity index (χ3n) is 1.02. The molecule has 0 aliphatic carbocycles.